The second kappa shape index (κ2) is 6.49. The minimum atomic E-state index is -0.0604. The van der Waals surface area contributed by atoms with E-state index in [2.05, 4.69) is 34.7 Å². The molecule has 3 atom stereocenters. The Morgan fingerprint density at radius 1 is 1.38 bits per heavy atom. The Labute approximate surface area is 131 Å². The molecule has 3 unspecified atom stereocenters. The van der Waals surface area contributed by atoms with Gasteiger partial charge in [0.15, 0.2) is 0 Å². The molecular weight excluding hydrogens is 280 g/mol. The van der Waals surface area contributed by atoms with E-state index in [1.165, 1.54) is 37.0 Å². The van der Waals surface area contributed by atoms with Crippen LogP contribution < -0.4 is 5.32 Å². The minimum absolute atomic E-state index is 0.0604. The Kier molecular flexibility index (Phi) is 4.65. The first kappa shape index (κ1) is 15.0. The molecular formula is C17H26N2OS. The molecule has 0 radical (unpaired) electrons. The summed E-state index contributed by atoms with van der Waals surface area (Å²) in [6.07, 6.45) is 7.74. The van der Waals surface area contributed by atoms with E-state index in [0.29, 0.717) is 12.0 Å². The van der Waals surface area contributed by atoms with Crippen LogP contribution in [0.15, 0.2) is 17.5 Å². The fourth-order valence-corrected chi connectivity index (χ4v) is 4.82. The Hall–Kier alpha value is -0.870. The van der Waals surface area contributed by atoms with Crippen molar-refractivity contribution in [3.8, 4) is 0 Å². The van der Waals surface area contributed by atoms with Crippen LogP contribution in [0.4, 0.5) is 0 Å². The standard InChI is InChI=1S/C17H26N2OS/c1-3-14(13-8-5-4-6-9-13)19-16(15-10-7-11-21-15)18-12(2)17(19)20/h7,10-14,16,18H,3-6,8-9H2,1-2H3. The van der Waals surface area contributed by atoms with Crippen molar-refractivity contribution in [2.24, 2.45) is 5.92 Å². The van der Waals surface area contributed by atoms with E-state index in [4.69, 9.17) is 0 Å². The van der Waals surface area contributed by atoms with Crippen molar-refractivity contribution in [3.63, 3.8) is 0 Å². The summed E-state index contributed by atoms with van der Waals surface area (Å²) >= 11 is 1.75. The lowest BCUT2D eigenvalue weighted by Crippen LogP contribution is -2.44. The minimum Gasteiger partial charge on any atom is -0.317 e. The van der Waals surface area contributed by atoms with E-state index in [1.54, 1.807) is 11.3 Å². The van der Waals surface area contributed by atoms with Gasteiger partial charge < -0.3 is 4.90 Å². The molecule has 1 aliphatic carbocycles. The van der Waals surface area contributed by atoms with Crippen molar-refractivity contribution >= 4 is 17.2 Å². The van der Waals surface area contributed by atoms with Crippen molar-refractivity contribution < 1.29 is 4.79 Å². The summed E-state index contributed by atoms with van der Waals surface area (Å²) in [7, 11) is 0. The van der Waals surface area contributed by atoms with Gasteiger partial charge in [-0.1, -0.05) is 32.3 Å². The summed E-state index contributed by atoms with van der Waals surface area (Å²) < 4.78 is 0. The molecule has 3 nitrogen and oxygen atoms in total. The molecule has 116 valence electrons. The molecule has 2 heterocycles. The smallest absolute Gasteiger partial charge is 0.241 e. The molecule has 1 amide bonds. The van der Waals surface area contributed by atoms with Crippen molar-refractivity contribution in [1.29, 1.82) is 0 Å². The fraction of sp³-hybridized carbons (Fsp3) is 0.706. The predicted molar refractivity (Wildman–Crippen MR) is 87.2 cm³/mol. The van der Waals surface area contributed by atoms with Crippen LogP contribution in [0.25, 0.3) is 0 Å². The Bertz CT molecular complexity index is 467. The third kappa shape index (κ3) is 2.88. The highest BCUT2D eigenvalue weighted by Gasteiger charge is 2.43. The third-order valence-corrected chi connectivity index (χ3v) is 6.02. The van der Waals surface area contributed by atoms with E-state index in [1.807, 2.05) is 6.92 Å². The summed E-state index contributed by atoms with van der Waals surface area (Å²) in [5.41, 5.74) is 0. The number of hydrogen-bond acceptors (Lipinski definition) is 3. The molecule has 0 bridgehead atoms. The molecule has 1 aromatic rings. The second-order valence-electron chi connectivity index (χ2n) is 6.43. The lowest BCUT2D eigenvalue weighted by atomic mass is 9.82. The summed E-state index contributed by atoms with van der Waals surface area (Å²) in [4.78, 5) is 16.2. The van der Waals surface area contributed by atoms with Gasteiger partial charge in [0.05, 0.1) is 6.04 Å². The molecule has 4 heteroatoms. The number of rotatable bonds is 4. The summed E-state index contributed by atoms with van der Waals surface area (Å²) in [6.45, 7) is 4.23. The molecule has 21 heavy (non-hydrogen) atoms. The number of carbonyl (C=O) groups excluding carboxylic acids is 1. The maximum absolute atomic E-state index is 12.7. The van der Waals surface area contributed by atoms with Crippen molar-refractivity contribution in [2.45, 2.75) is 70.6 Å². The SMILES string of the molecule is CCC(C1CCCCC1)N1C(=O)C(C)NC1c1cccs1. The van der Waals surface area contributed by atoms with Crippen molar-refractivity contribution in [3.05, 3.63) is 22.4 Å². The highest BCUT2D eigenvalue weighted by molar-refractivity contribution is 7.10. The topological polar surface area (TPSA) is 32.3 Å². The Morgan fingerprint density at radius 2 is 2.14 bits per heavy atom. The van der Waals surface area contributed by atoms with Gasteiger partial charge >= 0.3 is 0 Å². The normalized spacial score (nSPS) is 29.0. The van der Waals surface area contributed by atoms with Gasteiger partial charge in [0, 0.05) is 10.9 Å². The molecule has 3 rings (SSSR count). The van der Waals surface area contributed by atoms with Gasteiger partial charge in [-0.25, -0.2) is 0 Å². The van der Waals surface area contributed by atoms with Gasteiger partial charge in [-0.05, 0) is 43.6 Å². The number of hydrogen-bond donors (Lipinski definition) is 1. The zero-order valence-electron chi connectivity index (χ0n) is 13.0. The van der Waals surface area contributed by atoms with E-state index in [9.17, 15) is 4.79 Å². The highest BCUT2D eigenvalue weighted by atomic mass is 32.1. The average molecular weight is 306 g/mol. The predicted octanol–water partition coefficient (Wildman–Crippen LogP) is 3.93. The highest BCUT2D eigenvalue weighted by Crippen LogP contribution is 2.37. The zero-order valence-corrected chi connectivity index (χ0v) is 13.9. The monoisotopic (exact) mass is 306 g/mol. The lowest BCUT2D eigenvalue weighted by Gasteiger charge is -2.38. The summed E-state index contributed by atoms with van der Waals surface area (Å²) in [5.74, 6) is 0.966. The van der Waals surface area contributed by atoms with Crippen LogP contribution in [0.5, 0.6) is 0 Å². The molecule has 0 aromatic carbocycles. The van der Waals surface area contributed by atoms with Crippen LogP contribution in [-0.4, -0.2) is 22.9 Å². The second-order valence-corrected chi connectivity index (χ2v) is 7.40. The van der Waals surface area contributed by atoms with Crippen molar-refractivity contribution in [1.82, 2.24) is 10.2 Å². The molecule has 1 N–H and O–H groups in total. The first-order valence-corrected chi connectivity index (χ1v) is 9.22. The molecule has 2 fully saturated rings. The molecule has 1 saturated carbocycles. The van der Waals surface area contributed by atoms with E-state index < -0.39 is 0 Å². The van der Waals surface area contributed by atoms with E-state index in [-0.39, 0.29) is 18.1 Å². The first-order chi connectivity index (χ1) is 10.2. The van der Waals surface area contributed by atoms with Crippen molar-refractivity contribution in [2.75, 3.05) is 0 Å². The third-order valence-electron chi connectivity index (χ3n) is 5.09. The lowest BCUT2D eigenvalue weighted by molar-refractivity contribution is -0.133. The van der Waals surface area contributed by atoms with Gasteiger partial charge in [-0.2, -0.15) is 0 Å². The molecule has 1 aliphatic heterocycles. The van der Waals surface area contributed by atoms with E-state index in [0.717, 1.165) is 6.42 Å². The van der Waals surface area contributed by atoms with Crippen LogP contribution in [0.2, 0.25) is 0 Å². The number of thiophene rings is 1. The molecule has 0 spiro atoms. The fourth-order valence-electron chi connectivity index (χ4n) is 4.04. The Balaban J connectivity index is 1.86. The van der Waals surface area contributed by atoms with Gasteiger partial charge in [0.25, 0.3) is 0 Å². The van der Waals surface area contributed by atoms with Crippen LogP contribution in [-0.2, 0) is 4.79 Å². The maximum atomic E-state index is 12.7. The quantitative estimate of drug-likeness (QED) is 0.914. The van der Waals surface area contributed by atoms with Gasteiger partial charge in [-0.15, -0.1) is 11.3 Å². The zero-order chi connectivity index (χ0) is 14.8. The largest absolute Gasteiger partial charge is 0.317 e. The molecule has 1 saturated heterocycles. The van der Waals surface area contributed by atoms with Crippen LogP contribution in [0, 0.1) is 5.92 Å². The maximum Gasteiger partial charge on any atom is 0.241 e. The Morgan fingerprint density at radius 3 is 2.76 bits per heavy atom. The first-order valence-electron chi connectivity index (χ1n) is 8.34. The van der Waals surface area contributed by atoms with Gasteiger partial charge in [0.2, 0.25) is 5.91 Å². The van der Waals surface area contributed by atoms with Crippen LogP contribution in [0.3, 0.4) is 0 Å². The van der Waals surface area contributed by atoms with Gasteiger partial charge in [-0.3, -0.25) is 10.1 Å². The molecule has 2 aliphatic rings. The van der Waals surface area contributed by atoms with Crippen LogP contribution >= 0.6 is 11.3 Å². The average Bonchev–Trinajstić information content (AvgIpc) is 3.13. The number of nitrogens with zero attached hydrogens (tertiary/aromatic N) is 1. The van der Waals surface area contributed by atoms with Gasteiger partial charge in [0.1, 0.15) is 6.17 Å². The van der Waals surface area contributed by atoms with E-state index >= 15 is 0 Å². The molecule has 1 aromatic heterocycles. The van der Waals surface area contributed by atoms with Crippen LogP contribution in [0.1, 0.15) is 63.4 Å². The number of amides is 1. The summed E-state index contributed by atoms with van der Waals surface area (Å²) in [5, 5.41) is 5.60. The summed E-state index contributed by atoms with van der Waals surface area (Å²) in [6, 6.07) is 4.56. The number of carbonyl (C=O) groups is 1. The number of nitrogens with one attached hydrogen (secondary N) is 1.